The Kier molecular flexibility index (Phi) is 9.07. The smallest absolute Gasteiger partial charge is 0.319 e. The summed E-state index contributed by atoms with van der Waals surface area (Å²) < 4.78 is 55.6. The summed E-state index contributed by atoms with van der Waals surface area (Å²) in [5.41, 5.74) is -3.89. The topological polar surface area (TPSA) is 163 Å². The Bertz CT molecular complexity index is 2000. The Balaban J connectivity index is 1.26. The largest absolute Gasteiger partial charge is 0.508 e. The molecule has 3 atom stereocenters. The van der Waals surface area contributed by atoms with Crippen LogP contribution in [0.1, 0.15) is 44.9 Å². The van der Waals surface area contributed by atoms with Crippen molar-refractivity contribution in [2.75, 3.05) is 64.7 Å². The lowest BCUT2D eigenvalue weighted by Crippen LogP contribution is -2.70. The number of hydrogen-bond donors (Lipinski definition) is 4. The van der Waals surface area contributed by atoms with Crippen molar-refractivity contribution in [2.45, 2.75) is 62.5 Å². The number of ether oxygens (including phenoxy) is 4. The third-order valence-electron chi connectivity index (χ3n) is 11.4. The van der Waals surface area contributed by atoms with Gasteiger partial charge in [0.15, 0.2) is 5.82 Å². The molecular weight excluding hydrogens is 680 g/mol. The number of hydrogen-bond acceptors (Lipinski definition) is 13. The maximum absolute atomic E-state index is 17.1. The highest BCUT2D eigenvalue weighted by Gasteiger charge is 2.63. The van der Waals surface area contributed by atoms with E-state index >= 15 is 8.78 Å². The molecule has 2 aromatic carbocycles. The van der Waals surface area contributed by atoms with Gasteiger partial charge in [0, 0.05) is 48.8 Å². The zero-order chi connectivity index (χ0) is 36.3. The summed E-state index contributed by atoms with van der Waals surface area (Å²) >= 11 is 0. The normalized spacial score (nSPS) is 26.7. The van der Waals surface area contributed by atoms with Gasteiger partial charge in [-0.3, -0.25) is 0 Å². The Labute approximate surface area is 298 Å². The summed E-state index contributed by atoms with van der Waals surface area (Å²) in [6, 6.07) is 6.79. The third-order valence-corrected chi connectivity index (χ3v) is 11.4. The van der Waals surface area contributed by atoms with Crippen molar-refractivity contribution in [1.82, 2.24) is 19.9 Å². The van der Waals surface area contributed by atoms with Crippen LogP contribution in [0.3, 0.4) is 0 Å². The Morgan fingerprint density at radius 2 is 1.75 bits per heavy atom. The number of aromatic hydroxyl groups is 1. The quantitative estimate of drug-likeness (QED) is 0.218. The van der Waals surface area contributed by atoms with Crippen molar-refractivity contribution >= 4 is 27.5 Å². The number of fused-ring (bicyclic) bond motifs is 3. The van der Waals surface area contributed by atoms with Crippen LogP contribution in [0.2, 0.25) is 0 Å². The minimum absolute atomic E-state index is 0.00437. The second kappa shape index (κ2) is 13.5. The first-order chi connectivity index (χ1) is 25.1. The molecule has 4 fully saturated rings. The van der Waals surface area contributed by atoms with Gasteiger partial charge in [-0.2, -0.15) is 9.97 Å². The van der Waals surface area contributed by atoms with Crippen LogP contribution < -0.4 is 14.4 Å². The number of aromatic nitrogens is 3. The van der Waals surface area contributed by atoms with E-state index in [0.717, 1.165) is 6.42 Å². The Morgan fingerprint density at radius 1 is 0.942 bits per heavy atom. The number of phenolic OH excluding ortho intramolecular Hbond substituents is 1. The van der Waals surface area contributed by atoms with E-state index in [1.165, 1.54) is 31.4 Å². The Hall–Kier alpha value is -3.99. The predicted molar refractivity (Wildman–Crippen MR) is 185 cm³/mol. The molecule has 0 radical (unpaired) electrons. The van der Waals surface area contributed by atoms with Crippen molar-refractivity contribution in [1.29, 1.82) is 0 Å². The van der Waals surface area contributed by atoms with Gasteiger partial charge in [-0.1, -0.05) is 12.1 Å². The van der Waals surface area contributed by atoms with E-state index in [-0.39, 0.29) is 77.4 Å². The number of likely N-dealkylation sites (tertiary alicyclic amines) is 1. The average molecular weight is 724 g/mol. The van der Waals surface area contributed by atoms with Gasteiger partial charge >= 0.3 is 6.01 Å². The lowest BCUT2D eigenvalue weighted by Gasteiger charge is -2.58. The minimum Gasteiger partial charge on any atom is -0.508 e. The summed E-state index contributed by atoms with van der Waals surface area (Å²) in [5.74, 6) is -1.64. The molecule has 8 rings (SSSR count). The number of halogens is 2. The van der Waals surface area contributed by atoms with E-state index in [0.29, 0.717) is 70.2 Å². The van der Waals surface area contributed by atoms with E-state index in [1.807, 2.05) is 4.90 Å². The van der Waals surface area contributed by atoms with Crippen LogP contribution in [0.4, 0.5) is 14.6 Å². The number of benzene rings is 2. The van der Waals surface area contributed by atoms with Crippen molar-refractivity contribution in [3.05, 3.63) is 42.0 Å². The number of methoxy groups -OCH3 is 1. The van der Waals surface area contributed by atoms with Crippen molar-refractivity contribution < 1.29 is 48.2 Å². The van der Waals surface area contributed by atoms with Gasteiger partial charge in [0.2, 0.25) is 5.88 Å². The summed E-state index contributed by atoms with van der Waals surface area (Å²) in [5, 5.41) is 45.9. The van der Waals surface area contributed by atoms with Gasteiger partial charge in [0.05, 0.1) is 39.6 Å². The number of anilines is 1. The molecule has 0 amide bonds. The molecular formula is C37H43F2N5O8. The standard InChI is InChI=1S/C37H43F2N5O8/c1-49-33-28-31(29(39)30(40-33)25-18-23(45)17-22-5-2-6-26(38)27(22)25)41-34(42-32(28)43-13-16-51-20-24(46)19-43)52-21-35-7-3-9-37(35,48)44(12-4-8-35)36(47)10-14-50-15-11-36/h2,5-6,17-18,24,45-48H,3-4,7-16,19-21H2,1H3. The molecule has 3 unspecified atom stereocenters. The first kappa shape index (κ1) is 35.1. The fraction of sp³-hybridized carbons (Fsp3) is 0.541. The van der Waals surface area contributed by atoms with E-state index in [4.69, 9.17) is 23.9 Å². The molecule has 0 bridgehead atoms. The number of aliphatic hydroxyl groups excluding tert-OH is 1. The molecule has 278 valence electrons. The van der Waals surface area contributed by atoms with Gasteiger partial charge < -0.3 is 44.3 Å². The number of nitrogens with zero attached hydrogens (tertiary/aromatic N) is 5. The minimum atomic E-state index is -1.37. The lowest BCUT2D eigenvalue weighted by atomic mass is 9.71. The maximum atomic E-state index is 17.1. The highest BCUT2D eigenvalue weighted by Crippen LogP contribution is 2.56. The number of phenols is 1. The summed E-state index contributed by atoms with van der Waals surface area (Å²) in [6.07, 6.45) is 3.04. The molecule has 3 aliphatic heterocycles. The molecule has 0 spiro atoms. The number of piperidine rings is 1. The zero-order valence-electron chi connectivity index (χ0n) is 29.0. The first-order valence-electron chi connectivity index (χ1n) is 17.9. The fourth-order valence-electron chi connectivity index (χ4n) is 8.89. The SMILES string of the molecule is COc1nc(-c2cc(O)cc3cccc(F)c23)c(F)c2nc(OCC34CCCN(C5(O)CCOCC5)C3(O)CCC4)nc(N3CCOCC(O)C3)c12. The van der Waals surface area contributed by atoms with Crippen LogP contribution >= 0.6 is 0 Å². The van der Waals surface area contributed by atoms with Crippen LogP contribution in [0, 0.1) is 17.0 Å². The van der Waals surface area contributed by atoms with Crippen LogP contribution in [0.25, 0.3) is 32.9 Å². The van der Waals surface area contributed by atoms with Crippen molar-refractivity contribution in [2.24, 2.45) is 5.41 Å². The number of pyridine rings is 1. The van der Waals surface area contributed by atoms with Gasteiger partial charge in [0.25, 0.3) is 0 Å². The first-order valence-corrected chi connectivity index (χ1v) is 17.9. The molecule has 15 heteroatoms. The molecule has 4 aromatic rings. The van der Waals surface area contributed by atoms with Crippen LogP contribution in [-0.4, -0.2) is 118 Å². The van der Waals surface area contributed by atoms with Crippen molar-refractivity contribution in [3.63, 3.8) is 0 Å². The molecule has 13 nitrogen and oxygen atoms in total. The predicted octanol–water partition coefficient (Wildman–Crippen LogP) is 3.87. The molecule has 5 heterocycles. The molecule has 4 N–H and O–H groups in total. The number of aliphatic hydroxyl groups is 3. The Morgan fingerprint density at radius 3 is 2.56 bits per heavy atom. The van der Waals surface area contributed by atoms with E-state index in [1.54, 1.807) is 11.0 Å². The molecule has 3 saturated heterocycles. The van der Waals surface area contributed by atoms with E-state index < -0.39 is 34.6 Å². The van der Waals surface area contributed by atoms with Crippen LogP contribution in [-0.2, 0) is 9.47 Å². The summed E-state index contributed by atoms with van der Waals surface area (Å²) in [6.45, 7) is 2.05. The van der Waals surface area contributed by atoms with Gasteiger partial charge in [-0.15, -0.1) is 0 Å². The lowest BCUT2D eigenvalue weighted by molar-refractivity contribution is -0.302. The molecule has 1 saturated carbocycles. The third kappa shape index (κ3) is 5.78. The average Bonchev–Trinajstić information content (AvgIpc) is 3.33. The molecule has 2 aromatic heterocycles. The van der Waals surface area contributed by atoms with Gasteiger partial charge in [-0.25, -0.2) is 18.7 Å². The zero-order valence-corrected chi connectivity index (χ0v) is 29.0. The second-order valence-corrected chi connectivity index (χ2v) is 14.4. The van der Waals surface area contributed by atoms with Gasteiger partial charge in [0.1, 0.15) is 52.0 Å². The number of rotatable bonds is 7. The fourth-order valence-corrected chi connectivity index (χ4v) is 8.89. The molecule has 4 aliphatic rings. The summed E-state index contributed by atoms with van der Waals surface area (Å²) in [7, 11) is 1.36. The van der Waals surface area contributed by atoms with E-state index in [2.05, 4.69) is 9.97 Å². The maximum Gasteiger partial charge on any atom is 0.319 e. The second-order valence-electron chi connectivity index (χ2n) is 14.4. The molecule has 1 aliphatic carbocycles. The van der Waals surface area contributed by atoms with Crippen LogP contribution in [0.5, 0.6) is 17.6 Å². The molecule has 52 heavy (non-hydrogen) atoms. The highest BCUT2D eigenvalue weighted by molar-refractivity contribution is 6.02. The number of β-amino-alcohol motifs (C(OH)–C–C–N with tert-alkyl or cyclic N) is 1. The summed E-state index contributed by atoms with van der Waals surface area (Å²) in [4.78, 5) is 17.4. The monoisotopic (exact) mass is 723 g/mol. The van der Waals surface area contributed by atoms with Crippen molar-refractivity contribution in [3.8, 4) is 28.9 Å². The van der Waals surface area contributed by atoms with Crippen LogP contribution in [0.15, 0.2) is 30.3 Å². The highest BCUT2D eigenvalue weighted by atomic mass is 19.1. The van der Waals surface area contributed by atoms with Gasteiger partial charge in [-0.05, 0) is 55.7 Å². The van der Waals surface area contributed by atoms with E-state index in [9.17, 15) is 20.4 Å².